The van der Waals surface area contributed by atoms with Crippen molar-refractivity contribution in [1.82, 2.24) is 9.38 Å². The third-order valence-corrected chi connectivity index (χ3v) is 6.79. The number of carbonyl (C=O) groups is 1. The van der Waals surface area contributed by atoms with E-state index in [1.54, 1.807) is 46.1 Å². The van der Waals surface area contributed by atoms with E-state index in [-0.39, 0.29) is 18.1 Å². The number of hydrogen-bond donors (Lipinski definition) is 1. The summed E-state index contributed by atoms with van der Waals surface area (Å²) in [6, 6.07) is 15.5. The highest BCUT2D eigenvalue weighted by Gasteiger charge is 2.19. The minimum atomic E-state index is -0.330. The molecule has 162 valence electrons. The number of carbonyl (C=O) groups excluding carboxylic acids is 1. The molecule has 32 heavy (non-hydrogen) atoms. The van der Waals surface area contributed by atoms with Crippen LogP contribution < -0.4 is 15.6 Å². The number of nitrogens with one attached hydrogen (secondary N) is 1. The lowest BCUT2D eigenvalue weighted by Gasteiger charge is -2.12. The van der Waals surface area contributed by atoms with Crippen LogP contribution in [0.2, 0.25) is 5.02 Å². The second-order valence-corrected chi connectivity index (χ2v) is 9.13. The van der Waals surface area contributed by atoms with Crippen molar-refractivity contribution >= 4 is 39.5 Å². The first-order chi connectivity index (χ1) is 15.6. The molecule has 2 heterocycles. The summed E-state index contributed by atoms with van der Waals surface area (Å²) in [5.41, 5.74) is 2.51. The van der Waals surface area contributed by atoms with Crippen LogP contribution in [0, 0.1) is 0 Å². The summed E-state index contributed by atoms with van der Waals surface area (Å²) in [7, 11) is 0. The SMILES string of the molecule is O=C(Nc1ccccc1)c1cc(Cl)ccc1OCc1cc(=O)n2c3c(sc2n1)CCCC3. The van der Waals surface area contributed by atoms with Gasteiger partial charge in [0.05, 0.1) is 11.3 Å². The van der Waals surface area contributed by atoms with E-state index >= 15 is 0 Å². The minimum absolute atomic E-state index is 0.0710. The maximum atomic E-state index is 12.8. The molecule has 0 unspecified atom stereocenters. The van der Waals surface area contributed by atoms with Crippen molar-refractivity contribution in [2.45, 2.75) is 32.3 Å². The number of ether oxygens (including phenoxy) is 1. The van der Waals surface area contributed by atoms with Crippen LogP contribution in [0.3, 0.4) is 0 Å². The Morgan fingerprint density at radius 1 is 1.12 bits per heavy atom. The highest BCUT2D eigenvalue weighted by molar-refractivity contribution is 7.17. The topological polar surface area (TPSA) is 72.7 Å². The van der Waals surface area contributed by atoms with Gasteiger partial charge in [0, 0.05) is 27.3 Å². The highest BCUT2D eigenvalue weighted by atomic mass is 35.5. The molecule has 0 bridgehead atoms. The molecular formula is C24H20ClN3O3S. The Labute approximate surface area is 193 Å². The van der Waals surface area contributed by atoms with Crippen LogP contribution in [0.15, 0.2) is 59.4 Å². The fraction of sp³-hybridized carbons (Fsp3) is 0.208. The summed E-state index contributed by atoms with van der Waals surface area (Å²) in [4.78, 5) is 32.2. The number of rotatable bonds is 5. The van der Waals surface area contributed by atoms with E-state index in [1.165, 1.54) is 10.9 Å². The van der Waals surface area contributed by atoms with E-state index in [2.05, 4.69) is 10.3 Å². The first-order valence-corrected chi connectivity index (χ1v) is 11.6. The zero-order chi connectivity index (χ0) is 22.1. The van der Waals surface area contributed by atoms with Gasteiger partial charge >= 0.3 is 0 Å². The van der Waals surface area contributed by atoms with Gasteiger partial charge in [-0.25, -0.2) is 4.98 Å². The molecule has 1 N–H and O–H groups in total. The van der Waals surface area contributed by atoms with E-state index in [1.807, 2.05) is 18.2 Å². The van der Waals surface area contributed by atoms with Crippen molar-refractivity contribution in [2.75, 3.05) is 5.32 Å². The number of thiazole rings is 1. The van der Waals surface area contributed by atoms with Gasteiger partial charge in [-0.1, -0.05) is 29.8 Å². The monoisotopic (exact) mass is 465 g/mol. The second kappa shape index (κ2) is 8.76. The molecule has 0 saturated carbocycles. The van der Waals surface area contributed by atoms with Gasteiger partial charge in [-0.3, -0.25) is 14.0 Å². The smallest absolute Gasteiger partial charge is 0.259 e. The van der Waals surface area contributed by atoms with Crippen molar-refractivity contribution in [1.29, 1.82) is 0 Å². The third-order valence-electron chi connectivity index (χ3n) is 5.41. The number of anilines is 1. The van der Waals surface area contributed by atoms with E-state index in [0.717, 1.165) is 31.4 Å². The first kappa shape index (κ1) is 20.7. The summed E-state index contributed by atoms with van der Waals surface area (Å²) in [6.07, 6.45) is 4.16. The van der Waals surface area contributed by atoms with E-state index < -0.39 is 0 Å². The summed E-state index contributed by atoms with van der Waals surface area (Å²) < 4.78 is 7.64. The number of para-hydroxylation sites is 1. The average Bonchev–Trinajstić information content (AvgIpc) is 3.18. The van der Waals surface area contributed by atoms with Crippen LogP contribution in [0.4, 0.5) is 5.69 Å². The number of amides is 1. The largest absolute Gasteiger partial charge is 0.486 e. The Kier molecular flexibility index (Phi) is 5.68. The van der Waals surface area contributed by atoms with Crippen molar-refractivity contribution in [3.63, 3.8) is 0 Å². The van der Waals surface area contributed by atoms with Gasteiger partial charge in [-0.2, -0.15) is 0 Å². The van der Waals surface area contributed by atoms with Crippen LogP contribution >= 0.6 is 22.9 Å². The van der Waals surface area contributed by atoms with Crippen LogP contribution in [-0.2, 0) is 19.4 Å². The van der Waals surface area contributed by atoms with Crippen molar-refractivity contribution < 1.29 is 9.53 Å². The molecule has 0 saturated heterocycles. The standard InChI is InChI=1S/C24H20ClN3O3S/c25-15-10-11-20(18(12-15)23(30)26-16-6-2-1-3-7-16)31-14-17-13-22(29)28-19-8-4-5-9-21(19)32-24(28)27-17/h1-3,6-7,10-13H,4-5,8-9,14H2,(H,26,30). The molecule has 0 fully saturated rings. The predicted molar refractivity (Wildman–Crippen MR) is 126 cm³/mol. The predicted octanol–water partition coefficient (Wildman–Crippen LogP) is 5.12. The molecule has 8 heteroatoms. The zero-order valence-corrected chi connectivity index (χ0v) is 18.7. The Bertz CT molecular complexity index is 1360. The Morgan fingerprint density at radius 2 is 1.94 bits per heavy atom. The average molecular weight is 466 g/mol. The summed E-state index contributed by atoms with van der Waals surface area (Å²) in [5, 5.41) is 3.27. The minimum Gasteiger partial charge on any atom is -0.486 e. The van der Waals surface area contributed by atoms with Gasteiger partial charge in [-0.05, 0) is 56.0 Å². The van der Waals surface area contributed by atoms with Crippen LogP contribution in [-0.4, -0.2) is 15.3 Å². The Morgan fingerprint density at radius 3 is 2.78 bits per heavy atom. The van der Waals surface area contributed by atoms with E-state index in [9.17, 15) is 9.59 Å². The number of hydrogen-bond acceptors (Lipinski definition) is 5. The quantitative estimate of drug-likeness (QED) is 0.444. The van der Waals surface area contributed by atoms with Gasteiger partial charge in [0.25, 0.3) is 11.5 Å². The number of aryl methyl sites for hydroxylation is 2. The summed E-state index contributed by atoms with van der Waals surface area (Å²) in [5.74, 6) is 0.0402. The lowest BCUT2D eigenvalue weighted by atomic mass is 10.0. The number of fused-ring (bicyclic) bond motifs is 3. The van der Waals surface area contributed by atoms with Crippen molar-refractivity contribution in [3.05, 3.63) is 91.8 Å². The van der Waals surface area contributed by atoms with Crippen LogP contribution in [0.25, 0.3) is 4.96 Å². The Hall–Kier alpha value is -3.16. The normalized spacial score (nSPS) is 13.0. The van der Waals surface area contributed by atoms with Crippen LogP contribution in [0.5, 0.6) is 5.75 Å². The molecule has 4 aromatic rings. The molecule has 0 atom stereocenters. The fourth-order valence-electron chi connectivity index (χ4n) is 3.89. The van der Waals surface area contributed by atoms with Crippen molar-refractivity contribution in [2.24, 2.45) is 0 Å². The summed E-state index contributed by atoms with van der Waals surface area (Å²) >= 11 is 7.70. The van der Waals surface area contributed by atoms with Gasteiger partial charge in [0.15, 0.2) is 4.96 Å². The lowest BCUT2D eigenvalue weighted by Crippen LogP contribution is -2.19. The highest BCUT2D eigenvalue weighted by Crippen LogP contribution is 2.29. The molecule has 5 rings (SSSR count). The first-order valence-electron chi connectivity index (χ1n) is 10.4. The molecule has 0 radical (unpaired) electrons. The molecule has 1 amide bonds. The van der Waals surface area contributed by atoms with Crippen LogP contribution in [0.1, 0.15) is 39.5 Å². The summed E-state index contributed by atoms with van der Waals surface area (Å²) in [6.45, 7) is 0.0710. The molecule has 6 nitrogen and oxygen atoms in total. The molecule has 0 spiro atoms. The van der Waals surface area contributed by atoms with E-state index in [0.29, 0.717) is 32.7 Å². The zero-order valence-electron chi connectivity index (χ0n) is 17.1. The maximum absolute atomic E-state index is 12.8. The molecule has 2 aromatic heterocycles. The third kappa shape index (κ3) is 4.13. The molecular weight excluding hydrogens is 446 g/mol. The number of nitrogens with zero attached hydrogens (tertiary/aromatic N) is 2. The molecule has 1 aliphatic carbocycles. The Balaban J connectivity index is 1.39. The van der Waals surface area contributed by atoms with Gasteiger partial charge in [-0.15, -0.1) is 11.3 Å². The molecule has 1 aliphatic rings. The lowest BCUT2D eigenvalue weighted by molar-refractivity contribution is 0.102. The number of halogens is 1. The van der Waals surface area contributed by atoms with Crippen molar-refractivity contribution in [3.8, 4) is 5.75 Å². The fourth-order valence-corrected chi connectivity index (χ4v) is 5.30. The maximum Gasteiger partial charge on any atom is 0.259 e. The molecule has 0 aliphatic heterocycles. The second-order valence-electron chi connectivity index (χ2n) is 7.63. The van der Waals surface area contributed by atoms with Gasteiger partial charge in [0.1, 0.15) is 12.4 Å². The molecule has 2 aromatic carbocycles. The van der Waals surface area contributed by atoms with E-state index in [4.69, 9.17) is 16.3 Å². The van der Waals surface area contributed by atoms with Gasteiger partial charge in [0.2, 0.25) is 0 Å². The number of benzene rings is 2. The number of aromatic nitrogens is 2. The van der Waals surface area contributed by atoms with Gasteiger partial charge < -0.3 is 10.1 Å².